The van der Waals surface area contributed by atoms with E-state index in [1.54, 1.807) is 11.3 Å². The van der Waals surface area contributed by atoms with Crippen molar-refractivity contribution in [1.82, 2.24) is 10.3 Å². The van der Waals surface area contributed by atoms with Crippen molar-refractivity contribution in [2.24, 2.45) is 5.92 Å². The van der Waals surface area contributed by atoms with E-state index < -0.39 is 0 Å². The van der Waals surface area contributed by atoms with Gasteiger partial charge in [0, 0.05) is 22.4 Å². The summed E-state index contributed by atoms with van der Waals surface area (Å²) in [5, 5.41) is 8.66. The van der Waals surface area contributed by atoms with Gasteiger partial charge in [-0.15, -0.1) is 11.3 Å². The zero-order chi connectivity index (χ0) is 12.3. The van der Waals surface area contributed by atoms with Crippen LogP contribution in [0.1, 0.15) is 24.4 Å². The van der Waals surface area contributed by atoms with Gasteiger partial charge in [-0.3, -0.25) is 0 Å². The molecule has 0 saturated heterocycles. The molecule has 2 aromatic heterocycles. The fraction of sp³-hybridized carbons (Fsp3) is 0.462. The van der Waals surface area contributed by atoms with Crippen molar-refractivity contribution < 1.29 is 0 Å². The molecule has 2 rings (SSSR count). The summed E-state index contributed by atoms with van der Waals surface area (Å²) in [6.45, 7) is 5.41. The number of hydrogen-bond acceptors (Lipinski definition) is 4. The van der Waals surface area contributed by atoms with Crippen molar-refractivity contribution in [3.63, 3.8) is 0 Å². The second-order valence-electron chi connectivity index (χ2n) is 4.53. The Bertz CT molecular complexity index is 458. The third kappa shape index (κ3) is 3.15. The summed E-state index contributed by atoms with van der Waals surface area (Å²) in [6.07, 6.45) is 1.07. The number of hydrogen-bond donors (Lipinski definition) is 1. The van der Waals surface area contributed by atoms with E-state index in [1.807, 2.05) is 18.4 Å². The van der Waals surface area contributed by atoms with E-state index in [-0.39, 0.29) is 0 Å². The molecule has 4 heteroatoms. The van der Waals surface area contributed by atoms with Gasteiger partial charge in [0.25, 0.3) is 0 Å². The Kier molecular flexibility index (Phi) is 4.31. The Hall–Kier alpha value is -0.710. The molecule has 1 N–H and O–H groups in total. The van der Waals surface area contributed by atoms with Crippen LogP contribution in [0, 0.1) is 5.92 Å². The van der Waals surface area contributed by atoms with Gasteiger partial charge in [-0.25, -0.2) is 4.98 Å². The molecule has 0 bridgehead atoms. The van der Waals surface area contributed by atoms with E-state index in [0.29, 0.717) is 5.92 Å². The summed E-state index contributed by atoms with van der Waals surface area (Å²) in [4.78, 5) is 6.17. The minimum atomic E-state index is 0.656. The summed E-state index contributed by atoms with van der Waals surface area (Å²) < 4.78 is 0. The molecule has 0 amide bonds. The lowest BCUT2D eigenvalue weighted by molar-refractivity contribution is 0.631. The van der Waals surface area contributed by atoms with Crippen LogP contribution in [0.15, 0.2) is 16.8 Å². The number of thiazole rings is 1. The van der Waals surface area contributed by atoms with Gasteiger partial charge in [0.1, 0.15) is 5.01 Å². The molecule has 92 valence electrons. The topological polar surface area (TPSA) is 24.9 Å². The molecule has 0 unspecified atom stereocenters. The lowest BCUT2D eigenvalue weighted by Gasteiger charge is -2.03. The first-order chi connectivity index (χ1) is 8.20. The first-order valence-corrected chi connectivity index (χ1v) is 7.62. The fourth-order valence-electron chi connectivity index (χ4n) is 1.74. The number of nitrogens with one attached hydrogen (secondary N) is 1. The molecule has 17 heavy (non-hydrogen) atoms. The van der Waals surface area contributed by atoms with Crippen molar-refractivity contribution in [3.8, 4) is 10.6 Å². The first-order valence-electron chi connectivity index (χ1n) is 5.86. The van der Waals surface area contributed by atoms with Crippen LogP contribution in [0.5, 0.6) is 0 Å². The smallest absolute Gasteiger partial charge is 0.124 e. The zero-order valence-corrected chi connectivity index (χ0v) is 12.1. The highest BCUT2D eigenvalue weighted by Crippen LogP contribution is 2.30. The summed E-state index contributed by atoms with van der Waals surface area (Å²) in [5.41, 5.74) is 2.52. The maximum absolute atomic E-state index is 4.80. The second-order valence-corrected chi connectivity index (χ2v) is 6.39. The predicted molar refractivity (Wildman–Crippen MR) is 76.7 cm³/mol. The van der Waals surface area contributed by atoms with Crippen LogP contribution in [0.2, 0.25) is 0 Å². The van der Waals surface area contributed by atoms with E-state index in [0.717, 1.165) is 18.0 Å². The molecule has 0 atom stereocenters. The van der Waals surface area contributed by atoms with Crippen molar-refractivity contribution >= 4 is 22.7 Å². The monoisotopic (exact) mass is 266 g/mol. The van der Waals surface area contributed by atoms with Gasteiger partial charge in [0.05, 0.1) is 5.69 Å². The van der Waals surface area contributed by atoms with E-state index in [1.165, 1.54) is 16.1 Å². The quantitative estimate of drug-likeness (QED) is 0.890. The van der Waals surface area contributed by atoms with Crippen LogP contribution in [0.3, 0.4) is 0 Å². The normalized spacial score (nSPS) is 11.3. The molecule has 0 saturated carbocycles. The third-order valence-corrected chi connectivity index (χ3v) is 4.32. The number of aromatic nitrogens is 1. The Balaban J connectivity index is 2.30. The summed E-state index contributed by atoms with van der Waals surface area (Å²) in [6, 6.07) is 2.14. The molecular weight excluding hydrogens is 248 g/mol. The van der Waals surface area contributed by atoms with Gasteiger partial charge in [-0.05, 0) is 30.8 Å². The molecule has 0 aliphatic rings. The molecule has 2 aromatic rings. The molecule has 0 radical (unpaired) electrons. The molecule has 0 aliphatic carbocycles. The van der Waals surface area contributed by atoms with Crippen LogP contribution >= 0.6 is 22.7 Å². The van der Waals surface area contributed by atoms with Crippen LogP contribution in [-0.4, -0.2) is 12.0 Å². The van der Waals surface area contributed by atoms with Crippen LogP contribution in [0.25, 0.3) is 10.6 Å². The average molecular weight is 266 g/mol. The molecule has 2 heterocycles. The van der Waals surface area contributed by atoms with Crippen molar-refractivity contribution in [1.29, 1.82) is 0 Å². The van der Waals surface area contributed by atoms with Crippen molar-refractivity contribution in [2.75, 3.05) is 7.05 Å². The van der Waals surface area contributed by atoms with E-state index in [2.05, 4.69) is 36.0 Å². The van der Waals surface area contributed by atoms with Gasteiger partial charge in [-0.1, -0.05) is 13.8 Å². The summed E-state index contributed by atoms with van der Waals surface area (Å²) in [7, 11) is 1.99. The lowest BCUT2D eigenvalue weighted by atomic mass is 10.1. The largest absolute Gasteiger partial charge is 0.315 e. The van der Waals surface area contributed by atoms with E-state index in [4.69, 9.17) is 4.98 Å². The standard InChI is InChI=1S/C13H18N2S2/c1-9(2)6-11-12(7-14-3)17-13(15-11)10-4-5-16-8-10/h4-5,8-9,14H,6-7H2,1-3H3. The Morgan fingerprint density at radius 2 is 2.24 bits per heavy atom. The molecule has 0 aliphatic heterocycles. The van der Waals surface area contributed by atoms with Crippen molar-refractivity contribution in [3.05, 3.63) is 27.4 Å². The van der Waals surface area contributed by atoms with Gasteiger partial charge in [-0.2, -0.15) is 11.3 Å². The Morgan fingerprint density at radius 1 is 1.41 bits per heavy atom. The SMILES string of the molecule is CNCc1sc(-c2ccsc2)nc1CC(C)C. The first kappa shape index (κ1) is 12.7. The maximum Gasteiger partial charge on any atom is 0.124 e. The van der Waals surface area contributed by atoms with Gasteiger partial charge >= 0.3 is 0 Å². The second kappa shape index (κ2) is 5.76. The highest BCUT2D eigenvalue weighted by atomic mass is 32.1. The number of nitrogens with zero attached hydrogens (tertiary/aromatic N) is 1. The number of thiophene rings is 1. The fourth-order valence-corrected chi connectivity index (χ4v) is 3.55. The molecule has 0 spiro atoms. The van der Waals surface area contributed by atoms with Crippen LogP contribution in [0.4, 0.5) is 0 Å². The minimum absolute atomic E-state index is 0.656. The lowest BCUT2D eigenvalue weighted by Crippen LogP contribution is -2.07. The third-order valence-electron chi connectivity index (χ3n) is 2.49. The van der Waals surface area contributed by atoms with E-state index in [9.17, 15) is 0 Å². The van der Waals surface area contributed by atoms with Crippen LogP contribution in [-0.2, 0) is 13.0 Å². The summed E-state index contributed by atoms with van der Waals surface area (Å²) >= 11 is 3.54. The van der Waals surface area contributed by atoms with E-state index >= 15 is 0 Å². The molecule has 0 aromatic carbocycles. The summed E-state index contributed by atoms with van der Waals surface area (Å²) in [5.74, 6) is 0.656. The zero-order valence-electron chi connectivity index (χ0n) is 10.5. The maximum atomic E-state index is 4.80. The van der Waals surface area contributed by atoms with Crippen LogP contribution < -0.4 is 5.32 Å². The Morgan fingerprint density at radius 3 is 2.82 bits per heavy atom. The number of rotatable bonds is 5. The highest BCUT2D eigenvalue weighted by molar-refractivity contribution is 7.15. The highest BCUT2D eigenvalue weighted by Gasteiger charge is 2.13. The van der Waals surface area contributed by atoms with Gasteiger partial charge < -0.3 is 5.32 Å². The minimum Gasteiger partial charge on any atom is -0.315 e. The van der Waals surface area contributed by atoms with Gasteiger partial charge in [0.15, 0.2) is 0 Å². The molecular formula is C13H18N2S2. The Labute approximate surface area is 111 Å². The predicted octanol–water partition coefficient (Wildman–Crippen LogP) is 3.79. The van der Waals surface area contributed by atoms with Gasteiger partial charge in [0.2, 0.25) is 0 Å². The molecule has 2 nitrogen and oxygen atoms in total. The van der Waals surface area contributed by atoms with Crippen molar-refractivity contribution in [2.45, 2.75) is 26.8 Å². The molecule has 0 fully saturated rings. The average Bonchev–Trinajstić information content (AvgIpc) is 2.87.